The molecule has 1 unspecified atom stereocenters. The summed E-state index contributed by atoms with van der Waals surface area (Å²) in [6.45, 7) is 1.51. The zero-order valence-corrected chi connectivity index (χ0v) is 16.4. The second-order valence-electron chi connectivity index (χ2n) is 7.03. The summed E-state index contributed by atoms with van der Waals surface area (Å²) < 4.78 is 36.3. The minimum absolute atomic E-state index is 0.0277. The highest BCUT2D eigenvalue weighted by Crippen LogP contribution is 2.34. The predicted molar refractivity (Wildman–Crippen MR) is 104 cm³/mol. The molecule has 2 aromatic carbocycles. The SMILES string of the molecule is O=C(CCS(=O)(=O)c1ccc2c(c1)OCCO2)N1CCCC1c1ccccc1. The lowest BCUT2D eigenvalue weighted by molar-refractivity contribution is -0.131. The third kappa shape index (κ3) is 3.85. The Kier molecular flexibility index (Phi) is 5.26. The Morgan fingerprint density at radius 1 is 1.04 bits per heavy atom. The Hall–Kier alpha value is -2.54. The molecule has 0 aromatic heterocycles. The minimum atomic E-state index is -3.58. The summed E-state index contributed by atoms with van der Waals surface area (Å²) in [4.78, 5) is 14.7. The van der Waals surface area contributed by atoms with Crippen LogP contribution >= 0.6 is 0 Å². The van der Waals surface area contributed by atoms with Crippen LogP contribution in [0.2, 0.25) is 0 Å². The van der Waals surface area contributed by atoms with Crippen molar-refractivity contribution in [2.24, 2.45) is 0 Å². The normalized spacial score (nSPS) is 18.9. The maximum atomic E-state index is 12.8. The molecular weight excluding hydrogens is 378 g/mol. The maximum absolute atomic E-state index is 12.8. The number of sulfone groups is 1. The highest BCUT2D eigenvalue weighted by atomic mass is 32.2. The molecule has 1 fully saturated rings. The summed E-state index contributed by atoms with van der Waals surface area (Å²) in [5.41, 5.74) is 1.10. The number of likely N-dealkylation sites (tertiary alicyclic amines) is 1. The third-order valence-corrected chi connectivity index (χ3v) is 6.93. The van der Waals surface area contributed by atoms with Crippen LogP contribution in [-0.4, -0.2) is 44.7 Å². The molecule has 2 aliphatic rings. The molecule has 0 bridgehead atoms. The summed E-state index contributed by atoms with van der Waals surface area (Å²) in [7, 11) is -3.58. The van der Waals surface area contributed by atoms with E-state index in [-0.39, 0.29) is 29.0 Å². The molecule has 4 rings (SSSR count). The van der Waals surface area contributed by atoms with E-state index in [1.54, 1.807) is 6.07 Å². The largest absolute Gasteiger partial charge is 0.486 e. The Balaban J connectivity index is 1.44. The monoisotopic (exact) mass is 401 g/mol. The van der Waals surface area contributed by atoms with Crippen LogP contribution in [-0.2, 0) is 14.6 Å². The first kappa shape index (κ1) is 18.8. The van der Waals surface area contributed by atoms with Gasteiger partial charge in [0.15, 0.2) is 21.3 Å². The Morgan fingerprint density at radius 2 is 1.79 bits per heavy atom. The van der Waals surface area contributed by atoms with Gasteiger partial charge in [0.1, 0.15) is 13.2 Å². The minimum Gasteiger partial charge on any atom is -0.486 e. The molecule has 148 valence electrons. The van der Waals surface area contributed by atoms with Gasteiger partial charge in [0.25, 0.3) is 0 Å². The number of fused-ring (bicyclic) bond motifs is 1. The Bertz CT molecular complexity index is 958. The van der Waals surface area contributed by atoms with Gasteiger partial charge in [-0.1, -0.05) is 30.3 Å². The quantitative estimate of drug-likeness (QED) is 0.770. The van der Waals surface area contributed by atoms with E-state index in [0.29, 0.717) is 31.3 Å². The first-order chi connectivity index (χ1) is 13.5. The molecule has 2 aromatic rings. The van der Waals surface area contributed by atoms with Crippen LogP contribution in [0.4, 0.5) is 0 Å². The standard InChI is InChI=1S/C21H23NO5S/c23-21(22-11-4-7-18(22)16-5-2-1-3-6-16)10-14-28(24,25)17-8-9-19-20(15-17)27-13-12-26-19/h1-3,5-6,8-9,15,18H,4,7,10-14H2. The van der Waals surface area contributed by atoms with Crippen molar-refractivity contribution in [2.75, 3.05) is 25.5 Å². The lowest BCUT2D eigenvalue weighted by atomic mass is 10.0. The van der Waals surface area contributed by atoms with Crippen molar-refractivity contribution < 1.29 is 22.7 Å². The first-order valence-electron chi connectivity index (χ1n) is 9.51. The van der Waals surface area contributed by atoms with Crippen LogP contribution in [0.5, 0.6) is 11.5 Å². The summed E-state index contributed by atoms with van der Waals surface area (Å²) in [6.07, 6.45) is 1.81. The topological polar surface area (TPSA) is 72.9 Å². The van der Waals surface area contributed by atoms with E-state index >= 15 is 0 Å². The molecular formula is C21H23NO5S. The number of rotatable bonds is 5. The molecule has 0 N–H and O–H groups in total. The van der Waals surface area contributed by atoms with E-state index in [2.05, 4.69) is 0 Å². The van der Waals surface area contributed by atoms with Crippen molar-refractivity contribution >= 4 is 15.7 Å². The van der Waals surface area contributed by atoms with Crippen LogP contribution in [0, 0.1) is 0 Å². The molecule has 1 atom stereocenters. The highest BCUT2D eigenvalue weighted by Gasteiger charge is 2.30. The second kappa shape index (κ2) is 7.83. The molecule has 0 aliphatic carbocycles. The van der Waals surface area contributed by atoms with Crippen molar-refractivity contribution in [1.82, 2.24) is 4.90 Å². The number of ether oxygens (including phenoxy) is 2. The zero-order chi connectivity index (χ0) is 19.6. The maximum Gasteiger partial charge on any atom is 0.224 e. The fraction of sp³-hybridized carbons (Fsp3) is 0.381. The molecule has 2 heterocycles. The molecule has 0 saturated carbocycles. The Morgan fingerprint density at radius 3 is 2.57 bits per heavy atom. The average Bonchev–Trinajstić information content (AvgIpc) is 3.22. The van der Waals surface area contributed by atoms with Crippen LogP contribution < -0.4 is 9.47 Å². The number of carbonyl (C=O) groups is 1. The number of nitrogens with zero attached hydrogens (tertiary/aromatic N) is 1. The van der Waals surface area contributed by atoms with Gasteiger partial charge in [0.2, 0.25) is 5.91 Å². The van der Waals surface area contributed by atoms with Gasteiger partial charge in [-0.3, -0.25) is 4.79 Å². The van der Waals surface area contributed by atoms with Gasteiger partial charge < -0.3 is 14.4 Å². The lowest BCUT2D eigenvalue weighted by Gasteiger charge is -2.25. The van der Waals surface area contributed by atoms with Gasteiger partial charge in [-0.25, -0.2) is 8.42 Å². The molecule has 1 amide bonds. The molecule has 6 nitrogen and oxygen atoms in total. The van der Waals surface area contributed by atoms with Crippen LogP contribution in [0.25, 0.3) is 0 Å². The van der Waals surface area contributed by atoms with E-state index in [4.69, 9.17) is 9.47 Å². The molecule has 0 spiro atoms. The smallest absolute Gasteiger partial charge is 0.224 e. The molecule has 1 saturated heterocycles. The van der Waals surface area contributed by atoms with Crippen LogP contribution in [0.3, 0.4) is 0 Å². The van der Waals surface area contributed by atoms with Crippen molar-refractivity contribution in [2.45, 2.75) is 30.2 Å². The second-order valence-corrected chi connectivity index (χ2v) is 9.14. The average molecular weight is 401 g/mol. The van der Waals surface area contributed by atoms with Crippen molar-refractivity contribution in [3.63, 3.8) is 0 Å². The van der Waals surface area contributed by atoms with E-state index in [9.17, 15) is 13.2 Å². The number of carbonyl (C=O) groups excluding carboxylic acids is 1. The summed E-state index contributed by atoms with van der Waals surface area (Å²) in [5.74, 6) is 0.641. The van der Waals surface area contributed by atoms with Gasteiger partial charge in [-0.2, -0.15) is 0 Å². The highest BCUT2D eigenvalue weighted by molar-refractivity contribution is 7.91. The Labute approximate surface area is 165 Å². The van der Waals surface area contributed by atoms with Gasteiger partial charge in [-0.15, -0.1) is 0 Å². The summed E-state index contributed by atoms with van der Waals surface area (Å²) in [5, 5.41) is 0. The molecule has 28 heavy (non-hydrogen) atoms. The van der Waals surface area contributed by atoms with E-state index in [0.717, 1.165) is 18.4 Å². The van der Waals surface area contributed by atoms with Crippen molar-refractivity contribution in [1.29, 1.82) is 0 Å². The zero-order valence-electron chi connectivity index (χ0n) is 15.5. The molecule has 0 radical (unpaired) electrons. The predicted octanol–water partition coefficient (Wildman–Crippen LogP) is 2.99. The van der Waals surface area contributed by atoms with E-state index < -0.39 is 9.84 Å². The van der Waals surface area contributed by atoms with Crippen LogP contribution in [0.15, 0.2) is 53.4 Å². The lowest BCUT2D eigenvalue weighted by Crippen LogP contribution is -2.31. The summed E-state index contributed by atoms with van der Waals surface area (Å²) in [6, 6.07) is 14.5. The fourth-order valence-electron chi connectivity index (χ4n) is 3.79. The van der Waals surface area contributed by atoms with Crippen LogP contribution in [0.1, 0.15) is 30.9 Å². The number of benzene rings is 2. The summed E-state index contributed by atoms with van der Waals surface area (Å²) >= 11 is 0. The number of hydrogen-bond donors (Lipinski definition) is 0. The van der Waals surface area contributed by atoms with Gasteiger partial charge in [0, 0.05) is 19.0 Å². The first-order valence-corrected chi connectivity index (χ1v) is 11.2. The van der Waals surface area contributed by atoms with Gasteiger partial charge >= 0.3 is 0 Å². The third-order valence-electron chi connectivity index (χ3n) is 5.21. The number of amides is 1. The van der Waals surface area contributed by atoms with Gasteiger partial charge in [-0.05, 0) is 30.5 Å². The molecule has 7 heteroatoms. The molecule has 2 aliphatic heterocycles. The van der Waals surface area contributed by atoms with Crippen molar-refractivity contribution in [3.8, 4) is 11.5 Å². The fourth-order valence-corrected chi connectivity index (χ4v) is 5.03. The van der Waals surface area contributed by atoms with E-state index in [1.165, 1.54) is 12.1 Å². The van der Waals surface area contributed by atoms with E-state index in [1.807, 2.05) is 35.2 Å². The number of hydrogen-bond acceptors (Lipinski definition) is 5. The van der Waals surface area contributed by atoms with Crippen molar-refractivity contribution in [3.05, 3.63) is 54.1 Å². The van der Waals surface area contributed by atoms with Gasteiger partial charge in [0.05, 0.1) is 16.7 Å².